The highest BCUT2D eigenvalue weighted by atomic mass is 16.5. The summed E-state index contributed by atoms with van der Waals surface area (Å²) >= 11 is 0. The highest BCUT2D eigenvalue weighted by Gasteiger charge is 2.09. The Labute approximate surface area is 145 Å². The van der Waals surface area contributed by atoms with E-state index in [1.165, 1.54) is 0 Å². The highest BCUT2D eigenvalue weighted by Crippen LogP contribution is 2.30. The van der Waals surface area contributed by atoms with E-state index in [4.69, 9.17) is 9.47 Å². The molecular weight excluding hydrogens is 320 g/mol. The zero-order valence-electron chi connectivity index (χ0n) is 13.9. The molecule has 2 amide bonds. The van der Waals surface area contributed by atoms with Gasteiger partial charge in [0.2, 0.25) is 0 Å². The van der Waals surface area contributed by atoms with Gasteiger partial charge in [0.05, 0.1) is 19.9 Å². The molecule has 0 heterocycles. The summed E-state index contributed by atoms with van der Waals surface area (Å²) in [6.45, 7) is 0. The number of carbonyl (C=O) groups is 1. The quantitative estimate of drug-likeness (QED) is 0.666. The third-order valence-electron chi connectivity index (χ3n) is 3.76. The third kappa shape index (κ3) is 3.58. The molecule has 6 nitrogen and oxygen atoms in total. The number of carbonyl (C=O) groups excluding carboxylic acids is 1. The number of phenols is 1. The predicted molar refractivity (Wildman–Crippen MR) is 97.8 cm³/mol. The molecule has 0 bridgehead atoms. The van der Waals surface area contributed by atoms with Crippen LogP contribution in [-0.2, 0) is 0 Å². The van der Waals surface area contributed by atoms with Crippen molar-refractivity contribution in [3.05, 3.63) is 54.6 Å². The molecule has 0 aliphatic carbocycles. The first kappa shape index (κ1) is 16.4. The zero-order chi connectivity index (χ0) is 17.8. The summed E-state index contributed by atoms with van der Waals surface area (Å²) in [5.74, 6) is 1.31. The fourth-order valence-corrected chi connectivity index (χ4v) is 2.57. The average molecular weight is 338 g/mol. The summed E-state index contributed by atoms with van der Waals surface area (Å²) in [5.41, 5.74) is 1.14. The van der Waals surface area contributed by atoms with Crippen LogP contribution in [-0.4, -0.2) is 25.4 Å². The van der Waals surface area contributed by atoms with E-state index in [0.717, 1.165) is 5.39 Å². The predicted octanol–water partition coefficient (Wildman–Crippen LogP) is 4.21. The Morgan fingerprint density at radius 2 is 1.52 bits per heavy atom. The number of nitrogens with one attached hydrogen (secondary N) is 2. The van der Waals surface area contributed by atoms with Crippen molar-refractivity contribution in [2.75, 3.05) is 24.9 Å². The van der Waals surface area contributed by atoms with E-state index < -0.39 is 6.03 Å². The Morgan fingerprint density at radius 3 is 2.20 bits per heavy atom. The highest BCUT2D eigenvalue weighted by molar-refractivity contribution is 6.07. The molecule has 6 heteroatoms. The number of benzene rings is 3. The van der Waals surface area contributed by atoms with E-state index in [2.05, 4.69) is 10.6 Å². The largest absolute Gasteiger partial charge is 0.507 e. The van der Waals surface area contributed by atoms with Crippen molar-refractivity contribution in [2.45, 2.75) is 0 Å². The molecule has 25 heavy (non-hydrogen) atoms. The van der Waals surface area contributed by atoms with Crippen LogP contribution in [0.15, 0.2) is 54.6 Å². The average Bonchev–Trinajstić information content (AvgIpc) is 2.62. The molecule has 3 rings (SSSR count). The van der Waals surface area contributed by atoms with Crippen LogP contribution in [0.25, 0.3) is 10.8 Å². The number of ether oxygens (including phenoxy) is 2. The van der Waals surface area contributed by atoms with E-state index in [0.29, 0.717) is 28.3 Å². The van der Waals surface area contributed by atoms with Gasteiger partial charge in [0, 0.05) is 34.7 Å². The lowest BCUT2D eigenvalue weighted by atomic mass is 10.1. The maximum atomic E-state index is 12.3. The number of hydrogen-bond acceptors (Lipinski definition) is 4. The Hall–Kier alpha value is -3.41. The SMILES string of the molecule is COc1cc(NC(=O)Nc2cccc3c(O)cccc23)cc(OC)c1. The number of aromatic hydroxyl groups is 1. The van der Waals surface area contributed by atoms with Crippen LogP contribution in [0.2, 0.25) is 0 Å². The van der Waals surface area contributed by atoms with Gasteiger partial charge >= 0.3 is 6.03 Å². The minimum atomic E-state index is -0.411. The van der Waals surface area contributed by atoms with Crippen molar-refractivity contribution >= 4 is 28.2 Å². The van der Waals surface area contributed by atoms with Crippen molar-refractivity contribution in [3.8, 4) is 17.2 Å². The lowest BCUT2D eigenvalue weighted by Gasteiger charge is -2.12. The second kappa shape index (κ2) is 7.00. The first-order valence-corrected chi connectivity index (χ1v) is 7.62. The molecule has 0 saturated heterocycles. The molecular formula is C19H18N2O4. The van der Waals surface area contributed by atoms with Crippen LogP contribution in [0.1, 0.15) is 0 Å². The topological polar surface area (TPSA) is 79.8 Å². The van der Waals surface area contributed by atoms with Crippen LogP contribution >= 0.6 is 0 Å². The first-order valence-electron chi connectivity index (χ1n) is 7.62. The van der Waals surface area contributed by atoms with Gasteiger partial charge in [-0.05, 0) is 12.1 Å². The molecule has 3 N–H and O–H groups in total. The summed E-state index contributed by atoms with van der Waals surface area (Å²) in [6.07, 6.45) is 0. The summed E-state index contributed by atoms with van der Waals surface area (Å²) in [5, 5.41) is 16.9. The van der Waals surface area contributed by atoms with Crippen LogP contribution in [0.3, 0.4) is 0 Å². The molecule has 0 radical (unpaired) electrons. The fraction of sp³-hybridized carbons (Fsp3) is 0.105. The van der Waals surface area contributed by atoms with Crippen LogP contribution in [0.5, 0.6) is 17.2 Å². The van der Waals surface area contributed by atoms with Crippen LogP contribution < -0.4 is 20.1 Å². The molecule has 0 aliphatic rings. The van der Waals surface area contributed by atoms with Crippen LogP contribution in [0.4, 0.5) is 16.2 Å². The monoisotopic (exact) mass is 338 g/mol. The third-order valence-corrected chi connectivity index (χ3v) is 3.76. The number of methoxy groups -OCH3 is 2. The molecule has 0 spiro atoms. The van der Waals surface area contributed by atoms with Gasteiger partial charge in [0.15, 0.2) is 0 Å². The number of phenolic OH excluding ortho intramolecular Hbond substituents is 1. The maximum absolute atomic E-state index is 12.3. The molecule has 0 aromatic heterocycles. The molecule has 3 aromatic carbocycles. The molecule has 0 fully saturated rings. The van der Waals surface area contributed by atoms with Gasteiger partial charge in [-0.15, -0.1) is 0 Å². The van der Waals surface area contributed by atoms with E-state index in [9.17, 15) is 9.90 Å². The number of fused-ring (bicyclic) bond motifs is 1. The number of amides is 2. The Balaban J connectivity index is 1.83. The molecule has 3 aromatic rings. The van der Waals surface area contributed by atoms with E-state index in [1.54, 1.807) is 62.8 Å². The first-order chi connectivity index (χ1) is 12.1. The van der Waals surface area contributed by atoms with Crippen molar-refractivity contribution in [1.82, 2.24) is 0 Å². The van der Waals surface area contributed by atoms with Crippen molar-refractivity contribution in [2.24, 2.45) is 0 Å². The molecule has 128 valence electrons. The summed E-state index contributed by atoms with van der Waals surface area (Å²) in [4.78, 5) is 12.3. The van der Waals surface area contributed by atoms with E-state index in [1.807, 2.05) is 6.07 Å². The Bertz CT molecular complexity index is 902. The van der Waals surface area contributed by atoms with Crippen LogP contribution in [0, 0.1) is 0 Å². The van der Waals surface area contributed by atoms with Gasteiger partial charge in [-0.2, -0.15) is 0 Å². The van der Waals surface area contributed by atoms with Gasteiger partial charge in [-0.25, -0.2) is 4.79 Å². The van der Waals surface area contributed by atoms with Crippen molar-refractivity contribution in [1.29, 1.82) is 0 Å². The standard InChI is InChI=1S/C19H18N2O4/c1-24-13-9-12(10-14(11-13)25-2)20-19(23)21-17-7-3-6-16-15(17)5-4-8-18(16)22/h3-11,22H,1-2H3,(H2,20,21,23). The molecule has 0 aliphatic heterocycles. The van der Waals surface area contributed by atoms with E-state index >= 15 is 0 Å². The number of rotatable bonds is 4. The number of anilines is 2. The summed E-state index contributed by atoms with van der Waals surface area (Å²) < 4.78 is 10.4. The van der Waals surface area contributed by atoms with Gasteiger partial charge in [0.1, 0.15) is 17.2 Å². The zero-order valence-corrected chi connectivity index (χ0v) is 13.9. The van der Waals surface area contributed by atoms with E-state index in [-0.39, 0.29) is 5.75 Å². The second-order valence-electron chi connectivity index (χ2n) is 5.36. The minimum absolute atomic E-state index is 0.166. The second-order valence-corrected chi connectivity index (χ2v) is 5.36. The lowest BCUT2D eigenvalue weighted by Crippen LogP contribution is -2.19. The summed E-state index contributed by atoms with van der Waals surface area (Å²) in [7, 11) is 3.09. The Morgan fingerprint density at radius 1 is 0.880 bits per heavy atom. The van der Waals surface area contributed by atoms with Crippen molar-refractivity contribution in [3.63, 3.8) is 0 Å². The Kier molecular flexibility index (Phi) is 4.61. The fourth-order valence-electron chi connectivity index (χ4n) is 2.57. The van der Waals surface area contributed by atoms with Gasteiger partial charge in [0.25, 0.3) is 0 Å². The normalized spacial score (nSPS) is 10.3. The van der Waals surface area contributed by atoms with Gasteiger partial charge in [-0.1, -0.05) is 24.3 Å². The summed E-state index contributed by atoms with van der Waals surface area (Å²) in [6, 6.07) is 15.2. The van der Waals surface area contributed by atoms with Gasteiger partial charge in [-0.3, -0.25) is 0 Å². The molecule has 0 atom stereocenters. The minimum Gasteiger partial charge on any atom is -0.507 e. The lowest BCUT2D eigenvalue weighted by molar-refractivity contribution is 0.262. The number of hydrogen-bond donors (Lipinski definition) is 3. The number of urea groups is 1. The molecule has 0 saturated carbocycles. The maximum Gasteiger partial charge on any atom is 0.323 e. The molecule has 0 unspecified atom stereocenters. The smallest absolute Gasteiger partial charge is 0.323 e. The van der Waals surface area contributed by atoms with Gasteiger partial charge < -0.3 is 25.2 Å². The van der Waals surface area contributed by atoms with Crippen molar-refractivity contribution < 1.29 is 19.4 Å².